The van der Waals surface area contributed by atoms with Gasteiger partial charge in [-0.3, -0.25) is 14.4 Å². The predicted molar refractivity (Wildman–Crippen MR) is 238 cm³/mol. The molecule has 14 nitrogen and oxygen atoms in total. The van der Waals surface area contributed by atoms with Gasteiger partial charge in [0.2, 0.25) is 11.8 Å². The molecule has 2 aliphatic heterocycles. The van der Waals surface area contributed by atoms with Gasteiger partial charge in [-0.2, -0.15) is 0 Å². The smallest absolute Gasteiger partial charge is 0.408 e. The monoisotopic (exact) mass is 847 g/mol. The molecule has 0 radical (unpaired) electrons. The summed E-state index contributed by atoms with van der Waals surface area (Å²) in [6, 6.07) is 22.4. The summed E-state index contributed by atoms with van der Waals surface area (Å²) in [6.45, 7) is 16.1. The maximum atomic E-state index is 14.3. The molecule has 5 amide bonds. The van der Waals surface area contributed by atoms with E-state index in [9.17, 15) is 24.0 Å². The van der Waals surface area contributed by atoms with Crippen LogP contribution in [0.15, 0.2) is 85.1 Å². The van der Waals surface area contributed by atoms with Gasteiger partial charge >= 0.3 is 12.2 Å². The van der Waals surface area contributed by atoms with E-state index in [0.29, 0.717) is 50.1 Å². The second kappa shape index (κ2) is 19.3. The van der Waals surface area contributed by atoms with E-state index in [1.54, 1.807) is 46.4 Å². The number of anilines is 1. The number of likely N-dealkylation sites (tertiary alicyclic amines) is 2. The van der Waals surface area contributed by atoms with Gasteiger partial charge in [-0.1, -0.05) is 73.7 Å². The number of nitrogens with one attached hydrogen (secondary N) is 3. The van der Waals surface area contributed by atoms with Crippen molar-refractivity contribution in [3.63, 3.8) is 0 Å². The molecule has 1 aromatic heterocycles. The topological polar surface area (TPSA) is 164 Å². The average molecular weight is 848 g/mol. The van der Waals surface area contributed by atoms with E-state index < -0.39 is 41.5 Å². The number of nitrogens with zero attached hydrogens (tertiary/aromatic N) is 4. The second-order valence-corrected chi connectivity index (χ2v) is 17.9. The highest BCUT2D eigenvalue weighted by atomic mass is 16.6. The first kappa shape index (κ1) is 45.3. The maximum absolute atomic E-state index is 14.3. The Bertz CT molecular complexity index is 2210. The molecule has 3 aromatic carbocycles. The average Bonchev–Trinajstić information content (AvgIpc) is 4.01. The number of benzene rings is 3. The van der Waals surface area contributed by atoms with Crippen LogP contribution in [0.25, 0.3) is 22.4 Å². The van der Waals surface area contributed by atoms with Crippen LogP contribution in [0.2, 0.25) is 0 Å². The summed E-state index contributed by atoms with van der Waals surface area (Å²) < 4.78 is 13.0. The van der Waals surface area contributed by atoms with Crippen molar-refractivity contribution in [3.8, 4) is 22.4 Å². The van der Waals surface area contributed by atoms with Gasteiger partial charge in [0.25, 0.3) is 5.91 Å². The molecular formula is C48H61N7O7. The first-order valence-electron chi connectivity index (χ1n) is 21.7. The largest absolute Gasteiger partial charge is 0.444 e. The minimum atomic E-state index is -0.919. The minimum absolute atomic E-state index is 0.211. The van der Waals surface area contributed by atoms with Crippen molar-refractivity contribution in [1.82, 2.24) is 30.0 Å². The lowest BCUT2D eigenvalue weighted by atomic mass is 10.0. The number of alkyl carbamates (subject to hydrolysis) is 2. The van der Waals surface area contributed by atoms with Gasteiger partial charge in [0.05, 0.1) is 17.9 Å². The number of hydrogen-bond donors (Lipinski definition) is 3. The summed E-state index contributed by atoms with van der Waals surface area (Å²) in [5.74, 6) is 0.0137. The van der Waals surface area contributed by atoms with Crippen LogP contribution in [0, 0.1) is 0 Å². The molecule has 3 heterocycles. The van der Waals surface area contributed by atoms with Gasteiger partial charge in [0.15, 0.2) is 0 Å². The van der Waals surface area contributed by atoms with Crippen molar-refractivity contribution in [3.05, 3.63) is 96.4 Å². The fourth-order valence-corrected chi connectivity index (χ4v) is 8.14. The molecule has 62 heavy (non-hydrogen) atoms. The van der Waals surface area contributed by atoms with Crippen LogP contribution in [-0.4, -0.2) is 85.6 Å². The zero-order valence-electron chi connectivity index (χ0n) is 37.2. The molecule has 3 N–H and O–H groups in total. The first-order chi connectivity index (χ1) is 29.5. The maximum Gasteiger partial charge on any atom is 0.408 e. The number of amides is 5. The van der Waals surface area contributed by atoms with Crippen LogP contribution in [0.1, 0.15) is 111 Å². The molecule has 2 saturated heterocycles. The van der Waals surface area contributed by atoms with Gasteiger partial charge < -0.3 is 39.8 Å². The van der Waals surface area contributed by atoms with Crippen molar-refractivity contribution >= 4 is 35.6 Å². The van der Waals surface area contributed by atoms with Crippen LogP contribution in [0.5, 0.6) is 0 Å². The van der Waals surface area contributed by atoms with Gasteiger partial charge in [-0.15, -0.1) is 0 Å². The molecule has 4 unspecified atom stereocenters. The fourth-order valence-electron chi connectivity index (χ4n) is 8.14. The van der Waals surface area contributed by atoms with E-state index in [-0.39, 0.29) is 23.8 Å². The molecule has 6 rings (SSSR count). The number of hydrogen-bond acceptors (Lipinski definition) is 8. The highest BCUT2D eigenvalue weighted by Gasteiger charge is 2.39. The summed E-state index contributed by atoms with van der Waals surface area (Å²) in [5, 5.41) is 8.49. The third-order valence-corrected chi connectivity index (χ3v) is 11.0. The Balaban J connectivity index is 1.11. The van der Waals surface area contributed by atoms with E-state index >= 15 is 0 Å². The van der Waals surface area contributed by atoms with Gasteiger partial charge in [0, 0.05) is 25.3 Å². The van der Waals surface area contributed by atoms with Crippen molar-refractivity contribution in [2.24, 2.45) is 0 Å². The standard InChI is InChI=1S/C48H61N7O7/c1-9-36(51-45(59)61-47(3,4)5)43(57)55-29-15-19-38(55)42(56)50-35-26-24-32(25-27-35)31-20-22-33(23-21-31)39-30-49-41(53(39)10-2)37-18-14-28-54(37)44(58)40(34-16-12-11-13-17-34)52-46(60)62-48(6,7)8/h11-13,16-17,20-27,30,36-38,40H,9-10,14-15,18-19,28-29H2,1-8H3,(H,50,56)(H,51,59)(H,52,60). The summed E-state index contributed by atoms with van der Waals surface area (Å²) in [7, 11) is 0. The predicted octanol–water partition coefficient (Wildman–Crippen LogP) is 8.40. The Hall–Kier alpha value is -6.18. The normalized spacial score (nSPS) is 17.5. The minimum Gasteiger partial charge on any atom is -0.444 e. The van der Waals surface area contributed by atoms with Crippen LogP contribution in [0.4, 0.5) is 15.3 Å². The third kappa shape index (κ3) is 11.0. The van der Waals surface area contributed by atoms with Crippen LogP contribution >= 0.6 is 0 Å². The number of carbonyl (C=O) groups is 5. The summed E-state index contributed by atoms with van der Waals surface area (Å²) in [6.07, 6.45) is 3.67. The SMILES string of the molecule is CCC(NC(=O)OC(C)(C)C)C(=O)N1CCCC1C(=O)Nc1ccc(-c2ccc(-c3cnc(C4CCCN4C(=O)C(NC(=O)OC(C)(C)C)c4ccccc4)n3CC)cc2)cc1. The van der Waals surface area contributed by atoms with Gasteiger partial charge in [-0.25, -0.2) is 14.6 Å². The van der Waals surface area contributed by atoms with Crippen LogP contribution in [-0.2, 0) is 30.4 Å². The van der Waals surface area contributed by atoms with Crippen molar-refractivity contribution in [2.45, 2.75) is 129 Å². The fraction of sp³-hybridized carbons (Fsp3) is 0.458. The quantitative estimate of drug-likeness (QED) is 0.128. The summed E-state index contributed by atoms with van der Waals surface area (Å²) >= 11 is 0. The molecule has 0 saturated carbocycles. The van der Waals surface area contributed by atoms with Crippen LogP contribution < -0.4 is 16.0 Å². The lowest BCUT2D eigenvalue weighted by Gasteiger charge is -2.30. The van der Waals surface area contributed by atoms with Crippen LogP contribution in [0.3, 0.4) is 0 Å². The molecule has 0 aliphatic carbocycles. The molecule has 330 valence electrons. The third-order valence-electron chi connectivity index (χ3n) is 11.0. The molecule has 2 aliphatic rings. The molecule has 14 heteroatoms. The molecule has 0 spiro atoms. The van der Waals surface area contributed by atoms with E-state index in [0.717, 1.165) is 41.1 Å². The van der Waals surface area contributed by atoms with Crippen molar-refractivity contribution < 1.29 is 33.4 Å². The Kier molecular flexibility index (Phi) is 14.1. The lowest BCUT2D eigenvalue weighted by molar-refractivity contribution is -0.138. The summed E-state index contributed by atoms with van der Waals surface area (Å²) in [5.41, 5.74) is 3.73. The van der Waals surface area contributed by atoms with Crippen molar-refractivity contribution in [1.29, 1.82) is 0 Å². The second-order valence-electron chi connectivity index (χ2n) is 17.9. The molecular weight excluding hydrogens is 787 g/mol. The van der Waals surface area contributed by atoms with E-state index in [1.165, 1.54) is 0 Å². The first-order valence-corrected chi connectivity index (χ1v) is 21.7. The number of carbonyl (C=O) groups excluding carboxylic acids is 5. The van der Waals surface area contributed by atoms with Gasteiger partial charge in [-0.05, 0) is 115 Å². The Morgan fingerprint density at radius 3 is 1.87 bits per heavy atom. The van der Waals surface area contributed by atoms with E-state index in [1.807, 2.05) is 84.8 Å². The highest BCUT2D eigenvalue weighted by Crippen LogP contribution is 2.36. The zero-order valence-corrected chi connectivity index (χ0v) is 37.2. The number of rotatable bonds is 12. The molecule has 0 bridgehead atoms. The summed E-state index contributed by atoms with van der Waals surface area (Å²) in [4.78, 5) is 74.9. The molecule has 4 aromatic rings. The van der Waals surface area contributed by atoms with E-state index in [4.69, 9.17) is 14.5 Å². The Morgan fingerprint density at radius 2 is 1.27 bits per heavy atom. The Labute approximate surface area is 364 Å². The zero-order chi connectivity index (χ0) is 44.8. The number of aromatic nitrogens is 2. The van der Waals surface area contributed by atoms with Crippen molar-refractivity contribution in [2.75, 3.05) is 18.4 Å². The molecule has 4 atom stereocenters. The highest BCUT2D eigenvalue weighted by molar-refractivity contribution is 5.99. The number of ether oxygens (including phenoxy) is 2. The van der Waals surface area contributed by atoms with Gasteiger partial charge in [0.1, 0.15) is 35.2 Å². The lowest BCUT2D eigenvalue weighted by Crippen LogP contribution is -2.53. The van der Waals surface area contributed by atoms with E-state index in [2.05, 4.69) is 39.6 Å². The number of imidazole rings is 1. The Morgan fingerprint density at radius 1 is 0.710 bits per heavy atom. The molecule has 2 fully saturated rings.